The molecule has 6 nitrogen and oxygen atoms in total. The van der Waals surface area contributed by atoms with Crippen molar-refractivity contribution in [2.45, 2.75) is 6.42 Å². The first-order valence-electron chi connectivity index (χ1n) is 8.29. The predicted octanol–water partition coefficient (Wildman–Crippen LogP) is 3.16. The minimum Gasteiger partial charge on any atom is -0.493 e. The third-order valence-corrected chi connectivity index (χ3v) is 3.81. The number of benzene rings is 2. The molecule has 1 amide bonds. The van der Waals surface area contributed by atoms with Crippen LogP contribution in [0.3, 0.4) is 0 Å². The summed E-state index contributed by atoms with van der Waals surface area (Å²) in [6.45, 7) is 0.266. The third-order valence-electron chi connectivity index (χ3n) is 3.81. The average Bonchev–Trinajstić information content (AvgIpc) is 2.70. The third kappa shape index (κ3) is 5.45. The van der Waals surface area contributed by atoms with Gasteiger partial charge in [-0.05, 0) is 36.2 Å². The number of carbonyl (C=O) groups excluding carboxylic acids is 1. The maximum absolute atomic E-state index is 13.6. The zero-order chi connectivity index (χ0) is 20.5. The van der Waals surface area contributed by atoms with E-state index in [4.69, 9.17) is 14.7 Å². The van der Waals surface area contributed by atoms with Crippen molar-refractivity contribution in [1.29, 1.82) is 5.26 Å². The summed E-state index contributed by atoms with van der Waals surface area (Å²) in [7, 11) is 3.07. The van der Waals surface area contributed by atoms with Crippen LogP contribution in [-0.4, -0.2) is 26.7 Å². The zero-order valence-corrected chi connectivity index (χ0v) is 15.4. The number of nitrogens with zero attached hydrogens (tertiary/aromatic N) is 1. The minimum absolute atomic E-state index is 0.175. The highest BCUT2D eigenvalue weighted by molar-refractivity contribution is 5.97. The Morgan fingerprint density at radius 3 is 2.57 bits per heavy atom. The van der Waals surface area contributed by atoms with Crippen LogP contribution in [0.2, 0.25) is 0 Å². The van der Waals surface area contributed by atoms with E-state index in [-0.39, 0.29) is 17.8 Å². The monoisotopic (exact) mass is 387 g/mol. The predicted molar refractivity (Wildman–Crippen MR) is 99.9 cm³/mol. The number of rotatable bonds is 8. The number of nitriles is 1. The lowest BCUT2D eigenvalue weighted by Gasteiger charge is -2.10. The number of halogens is 2. The smallest absolute Gasteiger partial charge is 0.263 e. The van der Waals surface area contributed by atoms with Gasteiger partial charge in [-0.15, -0.1) is 0 Å². The van der Waals surface area contributed by atoms with E-state index in [1.54, 1.807) is 18.2 Å². The Kier molecular flexibility index (Phi) is 7.34. The van der Waals surface area contributed by atoms with Crippen molar-refractivity contribution in [3.8, 4) is 17.6 Å². The Morgan fingerprint density at radius 2 is 1.89 bits per heavy atom. The summed E-state index contributed by atoms with van der Waals surface area (Å²) in [5.41, 5.74) is 0.460. The van der Waals surface area contributed by atoms with Crippen molar-refractivity contribution in [2.75, 3.05) is 26.1 Å². The second kappa shape index (κ2) is 9.92. The maximum Gasteiger partial charge on any atom is 0.263 e. The van der Waals surface area contributed by atoms with Crippen LogP contribution in [0.15, 0.2) is 48.2 Å². The first-order valence-corrected chi connectivity index (χ1v) is 8.29. The average molecular weight is 387 g/mol. The highest BCUT2D eigenvalue weighted by atomic mass is 19.1. The van der Waals surface area contributed by atoms with Gasteiger partial charge in [0.15, 0.2) is 11.5 Å². The van der Waals surface area contributed by atoms with Gasteiger partial charge in [-0.2, -0.15) is 5.26 Å². The SMILES string of the molecule is COc1ccc(CCNC(=O)/C(C#N)=C\Nc2cc(F)ccc2F)cc1OC. The van der Waals surface area contributed by atoms with Crippen molar-refractivity contribution in [1.82, 2.24) is 5.32 Å². The van der Waals surface area contributed by atoms with E-state index in [1.165, 1.54) is 14.2 Å². The van der Waals surface area contributed by atoms with Gasteiger partial charge < -0.3 is 20.1 Å². The molecule has 0 aliphatic carbocycles. The molecule has 2 aromatic carbocycles. The molecule has 8 heteroatoms. The van der Waals surface area contributed by atoms with Crippen LogP contribution in [0.1, 0.15) is 5.56 Å². The number of hydrogen-bond donors (Lipinski definition) is 2. The number of methoxy groups -OCH3 is 2. The first kappa shape index (κ1) is 20.7. The fourth-order valence-corrected chi connectivity index (χ4v) is 2.36. The standard InChI is InChI=1S/C20H19F2N3O3/c1-27-18-6-3-13(9-19(18)28-2)7-8-24-20(26)14(11-23)12-25-17-10-15(21)4-5-16(17)22/h3-6,9-10,12,25H,7-8H2,1-2H3,(H,24,26)/b14-12-. The van der Waals surface area contributed by atoms with E-state index in [9.17, 15) is 13.6 Å². The lowest BCUT2D eigenvalue weighted by Crippen LogP contribution is -2.27. The van der Waals surface area contributed by atoms with Gasteiger partial charge in [0.05, 0.1) is 19.9 Å². The summed E-state index contributed by atoms with van der Waals surface area (Å²) in [4.78, 5) is 12.1. The Morgan fingerprint density at radius 1 is 1.14 bits per heavy atom. The number of nitrogens with one attached hydrogen (secondary N) is 2. The van der Waals surface area contributed by atoms with Gasteiger partial charge in [0.25, 0.3) is 5.91 Å². The molecule has 0 atom stereocenters. The van der Waals surface area contributed by atoms with Crippen LogP contribution >= 0.6 is 0 Å². The minimum atomic E-state index is -0.705. The van der Waals surface area contributed by atoms with Crippen LogP contribution in [0.4, 0.5) is 14.5 Å². The summed E-state index contributed by atoms with van der Waals surface area (Å²) >= 11 is 0. The van der Waals surface area contributed by atoms with Crippen LogP contribution in [-0.2, 0) is 11.2 Å². The van der Waals surface area contributed by atoms with Crippen molar-refractivity contribution < 1.29 is 23.0 Å². The molecule has 2 aromatic rings. The molecule has 0 aromatic heterocycles. The molecule has 28 heavy (non-hydrogen) atoms. The largest absolute Gasteiger partial charge is 0.493 e. The molecule has 0 heterocycles. The van der Waals surface area contributed by atoms with E-state index in [2.05, 4.69) is 10.6 Å². The van der Waals surface area contributed by atoms with Gasteiger partial charge in [-0.25, -0.2) is 8.78 Å². The van der Waals surface area contributed by atoms with Crippen LogP contribution in [0, 0.1) is 23.0 Å². The van der Waals surface area contributed by atoms with Gasteiger partial charge in [0.2, 0.25) is 0 Å². The molecule has 0 bridgehead atoms. The Hall–Kier alpha value is -3.60. The van der Waals surface area contributed by atoms with E-state index >= 15 is 0 Å². The number of amides is 1. The molecule has 0 unspecified atom stereocenters. The van der Waals surface area contributed by atoms with Crippen molar-refractivity contribution in [3.63, 3.8) is 0 Å². The van der Waals surface area contributed by atoms with E-state index in [0.29, 0.717) is 17.9 Å². The number of ether oxygens (including phenoxy) is 2. The summed E-state index contributed by atoms with van der Waals surface area (Å²) < 4.78 is 37.1. The lowest BCUT2D eigenvalue weighted by molar-refractivity contribution is -0.117. The van der Waals surface area contributed by atoms with Crippen molar-refractivity contribution >= 4 is 11.6 Å². The molecule has 0 radical (unpaired) electrons. The van der Waals surface area contributed by atoms with E-state index in [0.717, 1.165) is 30.0 Å². The molecule has 0 aliphatic heterocycles. The maximum atomic E-state index is 13.6. The summed E-state index contributed by atoms with van der Waals surface area (Å²) in [5.74, 6) is -0.808. The highest BCUT2D eigenvalue weighted by Gasteiger charge is 2.10. The normalized spacial score (nSPS) is 10.8. The molecule has 0 saturated carbocycles. The van der Waals surface area contributed by atoms with Crippen LogP contribution < -0.4 is 20.1 Å². The second-order valence-electron chi connectivity index (χ2n) is 5.63. The summed E-state index contributed by atoms with van der Waals surface area (Å²) in [6.07, 6.45) is 1.53. The highest BCUT2D eigenvalue weighted by Crippen LogP contribution is 2.27. The lowest BCUT2D eigenvalue weighted by atomic mass is 10.1. The number of carbonyl (C=O) groups is 1. The number of hydrogen-bond acceptors (Lipinski definition) is 5. The topological polar surface area (TPSA) is 83.4 Å². The van der Waals surface area contributed by atoms with Crippen LogP contribution in [0.5, 0.6) is 11.5 Å². The molecule has 146 valence electrons. The Labute approximate surface area is 161 Å². The van der Waals surface area contributed by atoms with Gasteiger partial charge >= 0.3 is 0 Å². The molecule has 2 rings (SSSR count). The Bertz CT molecular complexity index is 923. The molecular formula is C20H19F2N3O3. The van der Waals surface area contributed by atoms with Gasteiger partial charge in [0.1, 0.15) is 23.3 Å². The molecule has 0 aliphatic rings. The Balaban J connectivity index is 1.95. The summed E-state index contributed by atoms with van der Waals surface area (Å²) in [5, 5.41) is 14.2. The molecular weight excluding hydrogens is 368 g/mol. The zero-order valence-electron chi connectivity index (χ0n) is 15.4. The first-order chi connectivity index (χ1) is 13.5. The number of anilines is 1. The quantitative estimate of drug-likeness (QED) is 0.537. The molecule has 0 saturated heterocycles. The van der Waals surface area contributed by atoms with Gasteiger partial charge in [-0.1, -0.05) is 6.07 Å². The summed E-state index contributed by atoms with van der Waals surface area (Å²) in [6, 6.07) is 9.95. The fraction of sp³-hybridized carbons (Fsp3) is 0.200. The second-order valence-corrected chi connectivity index (χ2v) is 5.63. The van der Waals surface area contributed by atoms with Crippen molar-refractivity contribution in [2.24, 2.45) is 0 Å². The van der Waals surface area contributed by atoms with Crippen LogP contribution in [0.25, 0.3) is 0 Å². The van der Waals surface area contributed by atoms with E-state index in [1.807, 2.05) is 6.07 Å². The fourth-order valence-electron chi connectivity index (χ4n) is 2.36. The van der Waals surface area contributed by atoms with Crippen molar-refractivity contribution in [3.05, 3.63) is 65.4 Å². The van der Waals surface area contributed by atoms with Gasteiger partial charge in [-0.3, -0.25) is 4.79 Å². The molecule has 2 N–H and O–H groups in total. The molecule has 0 fully saturated rings. The van der Waals surface area contributed by atoms with E-state index < -0.39 is 17.5 Å². The van der Waals surface area contributed by atoms with Gasteiger partial charge in [0, 0.05) is 18.8 Å². The molecule has 0 spiro atoms.